The minimum Gasteiger partial charge on any atom is -0.389 e. The molecule has 3 N–H and O–H groups in total. The van der Waals surface area contributed by atoms with E-state index in [4.69, 9.17) is 18.0 Å². The maximum absolute atomic E-state index is 12.9. The summed E-state index contributed by atoms with van der Waals surface area (Å²) in [7, 11) is 0. The lowest BCUT2D eigenvalue weighted by Gasteiger charge is -2.17. The van der Waals surface area contributed by atoms with Crippen molar-refractivity contribution >= 4 is 34.2 Å². The fraction of sp³-hybridized carbons (Fsp3) is 0.214. The zero-order valence-corrected chi connectivity index (χ0v) is 12.7. The summed E-state index contributed by atoms with van der Waals surface area (Å²) in [6, 6.07) is 5.66. The monoisotopic (exact) mass is 330 g/mol. The van der Waals surface area contributed by atoms with E-state index >= 15 is 0 Å². The molecule has 21 heavy (non-hydrogen) atoms. The minimum absolute atomic E-state index is 0.0211. The number of nitrogens with two attached hydrogens (primary N) is 1. The lowest BCUT2D eigenvalue weighted by atomic mass is 10.1. The van der Waals surface area contributed by atoms with Crippen molar-refractivity contribution in [3.8, 4) is 0 Å². The van der Waals surface area contributed by atoms with E-state index in [2.05, 4.69) is 5.32 Å². The Morgan fingerprint density at radius 1 is 1.33 bits per heavy atom. The molecule has 2 rings (SSSR count). The van der Waals surface area contributed by atoms with Gasteiger partial charge < -0.3 is 11.1 Å². The molecule has 0 aliphatic carbocycles. The molecule has 2 aromatic rings. The fourth-order valence-electron chi connectivity index (χ4n) is 1.94. The van der Waals surface area contributed by atoms with Crippen molar-refractivity contribution in [2.24, 2.45) is 5.73 Å². The van der Waals surface area contributed by atoms with Crippen molar-refractivity contribution in [3.63, 3.8) is 0 Å². The van der Waals surface area contributed by atoms with E-state index in [0.29, 0.717) is 5.69 Å². The first-order valence-electron chi connectivity index (χ1n) is 6.08. The summed E-state index contributed by atoms with van der Waals surface area (Å²) in [5.74, 6) is 0. The summed E-state index contributed by atoms with van der Waals surface area (Å²) < 4.78 is 38.7. The smallest absolute Gasteiger partial charge is 0.389 e. The Hall–Kier alpha value is -1.60. The molecule has 0 amide bonds. The standard InChI is InChI=1S/C14H13F3N2S2/c1-8(9-4-5-21-7-9)19-10-2-3-12(14(15,16)17)11(6-10)13(18)20/h2-8,19H,1H3,(H2,18,20). The molecule has 1 atom stereocenters. The first kappa shape index (κ1) is 15.8. The highest BCUT2D eigenvalue weighted by Crippen LogP contribution is 2.34. The van der Waals surface area contributed by atoms with Gasteiger partial charge in [-0.25, -0.2) is 0 Å². The van der Waals surface area contributed by atoms with Crippen LogP contribution in [0.1, 0.15) is 29.7 Å². The van der Waals surface area contributed by atoms with Crippen molar-refractivity contribution in [2.75, 3.05) is 5.32 Å². The second-order valence-electron chi connectivity index (χ2n) is 4.55. The number of alkyl halides is 3. The number of nitrogens with one attached hydrogen (secondary N) is 1. The average Bonchev–Trinajstić information content (AvgIpc) is 2.91. The van der Waals surface area contributed by atoms with E-state index in [-0.39, 0.29) is 16.6 Å². The molecule has 0 saturated heterocycles. The van der Waals surface area contributed by atoms with Crippen LogP contribution in [0.2, 0.25) is 0 Å². The lowest BCUT2D eigenvalue weighted by Crippen LogP contribution is -2.18. The van der Waals surface area contributed by atoms with Gasteiger partial charge in [-0.1, -0.05) is 12.2 Å². The largest absolute Gasteiger partial charge is 0.417 e. The van der Waals surface area contributed by atoms with Gasteiger partial charge in [0.15, 0.2) is 0 Å². The lowest BCUT2D eigenvalue weighted by molar-refractivity contribution is -0.137. The topological polar surface area (TPSA) is 38.0 Å². The number of halogens is 3. The van der Waals surface area contributed by atoms with Crippen LogP contribution in [0.3, 0.4) is 0 Å². The number of anilines is 1. The Morgan fingerprint density at radius 2 is 2.05 bits per heavy atom. The van der Waals surface area contributed by atoms with Gasteiger partial charge in [0.25, 0.3) is 0 Å². The van der Waals surface area contributed by atoms with E-state index in [0.717, 1.165) is 11.6 Å². The number of benzene rings is 1. The maximum Gasteiger partial charge on any atom is 0.417 e. The highest BCUT2D eigenvalue weighted by molar-refractivity contribution is 7.80. The van der Waals surface area contributed by atoms with E-state index in [1.807, 2.05) is 23.8 Å². The van der Waals surface area contributed by atoms with Crippen LogP contribution in [0, 0.1) is 0 Å². The second kappa shape index (κ2) is 6.03. The molecule has 0 spiro atoms. The molecule has 0 bridgehead atoms. The van der Waals surface area contributed by atoms with E-state index in [1.54, 1.807) is 11.3 Å². The quantitative estimate of drug-likeness (QED) is 0.806. The Morgan fingerprint density at radius 3 is 2.57 bits per heavy atom. The van der Waals surface area contributed by atoms with Gasteiger partial charge in [-0.3, -0.25) is 0 Å². The zero-order valence-electron chi connectivity index (χ0n) is 11.1. The first-order valence-corrected chi connectivity index (χ1v) is 7.44. The van der Waals surface area contributed by atoms with Crippen LogP contribution in [-0.2, 0) is 6.18 Å². The molecular weight excluding hydrogens is 317 g/mol. The van der Waals surface area contributed by atoms with Gasteiger partial charge in [0.05, 0.1) is 5.56 Å². The third-order valence-corrected chi connectivity index (χ3v) is 3.94. The number of hydrogen-bond acceptors (Lipinski definition) is 3. The summed E-state index contributed by atoms with van der Waals surface area (Å²) in [5, 5.41) is 7.07. The molecular formula is C14H13F3N2S2. The average molecular weight is 330 g/mol. The third-order valence-electron chi connectivity index (χ3n) is 3.02. The first-order chi connectivity index (χ1) is 9.79. The van der Waals surface area contributed by atoms with Crippen LogP contribution < -0.4 is 11.1 Å². The van der Waals surface area contributed by atoms with Crippen LogP contribution in [0.5, 0.6) is 0 Å². The van der Waals surface area contributed by atoms with Crippen LogP contribution in [0.25, 0.3) is 0 Å². The summed E-state index contributed by atoms with van der Waals surface area (Å²) in [5.41, 5.74) is 6.04. The molecule has 1 aromatic heterocycles. The van der Waals surface area contributed by atoms with Crippen LogP contribution in [0.15, 0.2) is 35.0 Å². The summed E-state index contributed by atoms with van der Waals surface area (Å²) in [6.07, 6.45) is -4.48. The van der Waals surface area contributed by atoms with E-state index < -0.39 is 11.7 Å². The highest BCUT2D eigenvalue weighted by atomic mass is 32.1. The number of thiophene rings is 1. The molecule has 2 nitrogen and oxygen atoms in total. The Kier molecular flexibility index (Phi) is 4.53. The van der Waals surface area contributed by atoms with E-state index in [9.17, 15) is 13.2 Å². The van der Waals surface area contributed by atoms with Gasteiger partial charge in [0, 0.05) is 17.3 Å². The molecule has 112 valence electrons. The number of thiocarbonyl (C=S) groups is 1. The van der Waals surface area contributed by atoms with Crippen LogP contribution in [-0.4, -0.2) is 4.99 Å². The van der Waals surface area contributed by atoms with Crippen molar-refractivity contribution < 1.29 is 13.2 Å². The number of rotatable bonds is 4. The van der Waals surface area contributed by atoms with Gasteiger partial charge in [0.1, 0.15) is 4.99 Å². The number of hydrogen-bond donors (Lipinski definition) is 2. The predicted molar refractivity (Wildman–Crippen MR) is 83.7 cm³/mol. The molecule has 1 aromatic carbocycles. The SMILES string of the molecule is CC(Nc1ccc(C(F)(F)F)c(C(N)=S)c1)c1ccsc1. The van der Waals surface area contributed by atoms with Crippen molar-refractivity contribution in [3.05, 3.63) is 51.7 Å². The Labute approximate surface area is 129 Å². The molecule has 1 heterocycles. The maximum atomic E-state index is 12.9. The van der Waals surface area contributed by atoms with Crippen LogP contribution in [0.4, 0.5) is 18.9 Å². The normalized spacial score (nSPS) is 13.0. The Balaban J connectivity index is 2.30. The highest BCUT2D eigenvalue weighted by Gasteiger charge is 2.34. The predicted octanol–water partition coefficient (Wildman–Crippen LogP) is 4.57. The molecule has 0 saturated carbocycles. The van der Waals surface area contributed by atoms with Crippen LogP contribution >= 0.6 is 23.6 Å². The minimum atomic E-state index is -4.48. The van der Waals surface area contributed by atoms with E-state index in [1.165, 1.54) is 12.1 Å². The summed E-state index contributed by atoms with van der Waals surface area (Å²) >= 11 is 6.29. The van der Waals surface area contributed by atoms with Gasteiger partial charge >= 0.3 is 6.18 Å². The van der Waals surface area contributed by atoms with Gasteiger partial charge in [-0.15, -0.1) is 0 Å². The van der Waals surface area contributed by atoms with Crippen molar-refractivity contribution in [1.29, 1.82) is 0 Å². The third kappa shape index (κ3) is 3.74. The molecule has 0 fully saturated rings. The van der Waals surface area contributed by atoms with Gasteiger partial charge in [0.2, 0.25) is 0 Å². The zero-order chi connectivity index (χ0) is 15.6. The second-order valence-corrected chi connectivity index (χ2v) is 5.76. The summed E-state index contributed by atoms with van der Waals surface area (Å²) in [4.78, 5) is -0.269. The molecule has 0 aliphatic heterocycles. The molecule has 0 radical (unpaired) electrons. The fourth-order valence-corrected chi connectivity index (χ4v) is 2.86. The molecule has 1 unspecified atom stereocenters. The van der Waals surface area contributed by atoms with Gasteiger partial charge in [-0.05, 0) is 47.5 Å². The van der Waals surface area contributed by atoms with Crippen molar-refractivity contribution in [1.82, 2.24) is 0 Å². The van der Waals surface area contributed by atoms with Gasteiger partial charge in [-0.2, -0.15) is 24.5 Å². The molecule has 0 aliphatic rings. The molecule has 7 heteroatoms. The van der Waals surface area contributed by atoms with Crippen molar-refractivity contribution in [2.45, 2.75) is 19.1 Å². The summed E-state index contributed by atoms with van der Waals surface area (Å²) in [6.45, 7) is 1.93. The Bertz CT molecular complexity index is 636.